The summed E-state index contributed by atoms with van der Waals surface area (Å²) in [5.74, 6) is 0. The molecule has 1 aromatic rings. The summed E-state index contributed by atoms with van der Waals surface area (Å²) in [4.78, 5) is 16.1. The van der Waals surface area contributed by atoms with Gasteiger partial charge in [0.1, 0.15) is 0 Å². The third-order valence-electron chi connectivity index (χ3n) is 0.909. The average Bonchev–Trinajstić information content (AvgIpc) is 2.35. The molecule has 0 aliphatic rings. The van der Waals surface area contributed by atoms with Crippen molar-refractivity contribution in [3.05, 3.63) is 17.4 Å². The van der Waals surface area contributed by atoms with Crippen molar-refractivity contribution in [2.45, 2.75) is 0 Å². The molecule has 1 N–H and O–H groups in total. The number of amides is 1. The number of nitrogens with zero attached hydrogens (tertiary/aromatic N) is 2. The summed E-state index contributed by atoms with van der Waals surface area (Å²) >= 11 is 5.49. The third-order valence-corrected chi connectivity index (χ3v) is 1.10. The van der Waals surface area contributed by atoms with Gasteiger partial charge in [0, 0.05) is 7.05 Å². The van der Waals surface area contributed by atoms with Crippen molar-refractivity contribution in [3.63, 3.8) is 0 Å². The first kappa shape index (κ1) is 7.87. The Bertz CT molecular complexity index is 260. The van der Waals surface area contributed by atoms with Gasteiger partial charge < -0.3 is 5.32 Å². The van der Waals surface area contributed by atoms with Gasteiger partial charge in [-0.2, -0.15) is 0 Å². The van der Waals surface area contributed by atoms with Gasteiger partial charge in [-0.1, -0.05) is 16.4 Å². The Hall–Kier alpha value is -1.23. The summed E-state index contributed by atoms with van der Waals surface area (Å²) in [5.41, 5.74) is 0. The fraction of sp³-hybridized carbons (Fsp3) is 0.200. The van der Waals surface area contributed by atoms with E-state index < -0.39 is 6.09 Å². The SMILES string of the molecule is CNC(=O)On1cc(Cl)cn1. The molecular weight excluding hydrogens is 170 g/mol. The molecule has 1 amide bonds. The van der Waals surface area contributed by atoms with E-state index in [0.29, 0.717) is 5.02 Å². The fourth-order valence-corrected chi connectivity index (χ4v) is 0.592. The highest BCUT2D eigenvalue weighted by Crippen LogP contribution is 2.02. The molecule has 0 aliphatic carbocycles. The summed E-state index contributed by atoms with van der Waals surface area (Å²) < 4.78 is 0. The van der Waals surface area contributed by atoms with E-state index >= 15 is 0 Å². The zero-order valence-electron chi connectivity index (χ0n) is 5.74. The lowest BCUT2D eigenvalue weighted by atomic mass is 10.8. The van der Waals surface area contributed by atoms with Gasteiger partial charge in [-0.3, -0.25) is 4.84 Å². The number of aromatic nitrogens is 2. The van der Waals surface area contributed by atoms with Crippen molar-refractivity contribution in [2.75, 3.05) is 7.05 Å². The summed E-state index contributed by atoms with van der Waals surface area (Å²) in [6, 6.07) is 0. The maximum absolute atomic E-state index is 10.6. The largest absolute Gasteiger partial charge is 0.433 e. The molecule has 0 unspecified atom stereocenters. The minimum atomic E-state index is -0.593. The van der Waals surface area contributed by atoms with Crippen molar-refractivity contribution < 1.29 is 9.63 Å². The minimum absolute atomic E-state index is 0.411. The summed E-state index contributed by atoms with van der Waals surface area (Å²) in [6.45, 7) is 0. The van der Waals surface area contributed by atoms with Crippen molar-refractivity contribution >= 4 is 17.7 Å². The first-order chi connectivity index (χ1) is 5.22. The van der Waals surface area contributed by atoms with Crippen LogP contribution in [0.3, 0.4) is 0 Å². The summed E-state index contributed by atoms with van der Waals surface area (Å²) in [6.07, 6.45) is 2.14. The van der Waals surface area contributed by atoms with Crippen LogP contribution in [0, 0.1) is 0 Å². The molecule has 0 bridgehead atoms. The second-order valence-electron chi connectivity index (χ2n) is 1.69. The van der Waals surface area contributed by atoms with E-state index in [0.717, 1.165) is 4.85 Å². The molecule has 1 aromatic heterocycles. The van der Waals surface area contributed by atoms with Gasteiger partial charge in [0.05, 0.1) is 17.4 Å². The van der Waals surface area contributed by atoms with Gasteiger partial charge >= 0.3 is 6.09 Å². The Morgan fingerprint density at radius 3 is 3.09 bits per heavy atom. The normalized spacial score (nSPS) is 9.27. The van der Waals surface area contributed by atoms with Gasteiger partial charge in [-0.05, 0) is 0 Å². The standard InChI is InChI=1S/C5H6ClN3O2/c1-7-5(10)11-9-3-4(6)2-8-9/h2-3H,1H3,(H,7,10). The van der Waals surface area contributed by atoms with Gasteiger partial charge in [0.2, 0.25) is 0 Å². The smallest absolute Gasteiger partial charge is 0.323 e. The lowest BCUT2D eigenvalue weighted by Gasteiger charge is -1.99. The zero-order chi connectivity index (χ0) is 8.27. The van der Waals surface area contributed by atoms with Gasteiger partial charge in [-0.15, -0.1) is 5.10 Å². The number of rotatable bonds is 1. The molecular formula is C5H6ClN3O2. The van der Waals surface area contributed by atoms with Crippen molar-refractivity contribution in [1.82, 2.24) is 15.3 Å². The van der Waals surface area contributed by atoms with Crippen LogP contribution in [0.25, 0.3) is 0 Å². The van der Waals surface area contributed by atoms with Crippen LogP contribution in [0.2, 0.25) is 5.02 Å². The monoisotopic (exact) mass is 175 g/mol. The molecule has 0 spiro atoms. The van der Waals surface area contributed by atoms with E-state index in [2.05, 4.69) is 15.3 Å². The molecule has 1 rings (SSSR count). The molecule has 0 saturated heterocycles. The van der Waals surface area contributed by atoms with Crippen LogP contribution in [-0.4, -0.2) is 23.1 Å². The van der Waals surface area contributed by atoms with Crippen molar-refractivity contribution in [2.24, 2.45) is 0 Å². The molecule has 0 saturated carbocycles. The van der Waals surface area contributed by atoms with Crippen LogP contribution in [0.15, 0.2) is 12.4 Å². The summed E-state index contributed by atoms with van der Waals surface area (Å²) in [7, 11) is 1.45. The molecule has 0 aliphatic heterocycles. The Labute approximate surface area is 67.9 Å². The van der Waals surface area contributed by atoms with E-state index in [-0.39, 0.29) is 0 Å². The Morgan fingerprint density at radius 2 is 2.64 bits per heavy atom. The van der Waals surface area contributed by atoms with Crippen LogP contribution in [0.4, 0.5) is 4.79 Å². The molecule has 0 aromatic carbocycles. The molecule has 11 heavy (non-hydrogen) atoms. The van der Waals surface area contributed by atoms with Crippen LogP contribution >= 0.6 is 11.6 Å². The highest BCUT2D eigenvalue weighted by Gasteiger charge is 2.00. The van der Waals surface area contributed by atoms with Crippen molar-refractivity contribution in [1.29, 1.82) is 0 Å². The van der Waals surface area contributed by atoms with E-state index in [9.17, 15) is 4.79 Å². The molecule has 0 atom stereocenters. The fourth-order valence-electron chi connectivity index (χ4n) is 0.465. The first-order valence-corrected chi connectivity index (χ1v) is 3.20. The minimum Gasteiger partial charge on any atom is -0.323 e. The Kier molecular flexibility index (Phi) is 2.32. The lowest BCUT2D eigenvalue weighted by molar-refractivity contribution is 0.118. The second-order valence-corrected chi connectivity index (χ2v) is 2.13. The number of carbonyl (C=O) groups excluding carboxylic acids is 1. The van der Waals surface area contributed by atoms with Gasteiger partial charge in [0.15, 0.2) is 0 Å². The van der Waals surface area contributed by atoms with Crippen LogP contribution < -0.4 is 10.2 Å². The predicted octanol–water partition coefficient (Wildman–Crippen LogP) is 0.304. The summed E-state index contributed by atoms with van der Waals surface area (Å²) in [5, 5.41) is 6.27. The van der Waals surface area contributed by atoms with Crippen molar-refractivity contribution in [3.8, 4) is 0 Å². The maximum atomic E-state index is 10.6. The lowest BCUT2D eigenvalue weighted by Crippen LogP contribution is -2.29. The first-order valence-electron chi connectivity index (χ1n) is 2.82. The van der Waals surface area contributed by atoms with E-state index in [1.165, 1.54) is 19.4 Å². The number of hydrogen-bond donors (Lipinski definition) is 1. The van der Waals surface area contributed by atoms with E-state index in [1.807, 2.05) is 0 Å². The van der Waals surface area contributed by atoms with E-state index in [1.54, 1.807) is 0 Å². The predicted molar refractivity (Wildman–Crippen MR) is 38.3 cm³/mol. The number of nitrogens with one attached hydrogen (secondary N) is 1. The Balaban J connectivity index is 2.57. The average molecular weight is 176 g/mol. The highest BCUT2D eigenvalue weighted by molar-refractivity contribution is 6.30. The topological polar surface area (TPSA) is 56.1 Å². The second kappa shape index (κ2) is 3.25. The van der Waals surface area contributed by atoms with Crippen LogP contribution in [0.5, 0.6) is 0 Å². The van der Waals surface area contributed by atoms with Gasteiger partial charge in [-0.25, -0.2) is 4.79 Å². The Morgan fingerprint density at radius 1 is 1.91 bits per heavy atom. The van der Waals surface area contributed by atoms with E-state index in [4.69, 9.17) is 11.6 Å². The quantitative estimate of drug-likeness (QED) is 0.668. The number of halogens is 1. The zero-order valence-corrected chi connectivity index (χ0v) is 6.50. The molecule has 1 heterocycles. The number of hydrogen-bond acceptors (Lipinski definition) is 3. The van der Waals surface area contributed by atoms with Crippen LogP contribution in [-0.2, 0) is 0 Å². The van der Waals surface area contributed by atoms with Crippen LogP contribution in [0.1, 0.15) is 0 Å². The van der Waals surface area contributed by atoms with Gasteiger partial charge in [0.25, 0.3) is 0 Å². The molecule has 6 heteroatoms. The molecule has 60 valence electrons. The molecule has 0 radical (unpaired) electrons. The highest BCUT2D eigenvalue weighted by atomic mass is 35.5. The molecule has 5 nitrogen and oxygen atoms in total. The number of carbonyl (C=O) groups is 1. The third kappa shape index (κ3) is 2.12. The molecule has 0 fully saturated rings. The maximum Gasteiger partial charge on any atom is 0.433 e.